The fourth-order valence-electron chi connectivity index (χ4n) is 3.79. The number of thiophene rings is 1. The first-order valence-corrected chi connectivity index (χ1v) is 12.0. The van der Waals surface area contributed by atoms with Crippen LogP contribution in [0.3, 0.4) is 0 Å². The number of pyridine rings is 2. The molecule has 0 radical (unpaired) electrons. The number of ether oxygens (including phenoxy) is 1. The lowest BCUT2D eigenvalue weighted by atomic mass is 9.79. The normalized spacial score (nSPS) is 15.7. The lowest BCUT2D eigenvalue weighted by molar-refractivity contribution is 0.218. The zero-order valence-electron chi connectivity index (χ0n) is 16.8. The maximum atomic E-state index is 12.8. The lowest BCUT2D eigenvalue weighted by Crippen LogP contribution is -2.10. The van der Waals surface area contributed by atoms with Crippen molar-refractivity contribution in [1.82, 2.24) is 25.0 Å². The van der Waals surface area contributed by atoms with E-state index in [0.29, 0.717) is 33.8 Å². The third-order valence-corrected chi connectivity index (χ3v) is 8.43. The predicted molar refractivity (Wildman–Crippen MR) is 119 cm³/mol. The first-order valence-electron chi connectivity index (χ1n) is 9.83. The van der Waals surface area contributed by atoms with Crippen molar-refractivity contribution in [2.24, 2.45) is 7.05 Å². The van der Waals surface area contributed by atoms with Crippen LogP contribution in [-0.2, 0) is 22.6 Å². The number of hydrogen-bond acceptors (Lipinski definition) is 8. The Hall–Kier alpha value is -2.43. The van der Waals surface area contributed by atoms with E-state index in [-0.39, 0.29) is 0 Å². The van der Waals surface area contributed by atoms with Crippen LogP contribution in [-0.4, -0.2) is 48.6 Å². The van der Waals surface area contributed by atoms with Crippen molar-refractivity contribution in [3.05, 3.63) is 23.9 Å². The van der Waals surface area contributed by atoms with Crippen molar-refractivity contribution in [1.29, 1.82) is 0 Å². The SMILES string of the molecule is COCCS(=O)c1sc2nc(-c3cnc4nn(C)nc4c3)cc(C3CCC3)c2c1N. The average Bonchev–Trinajstić information content (AvgIpc) is 3.23. The third-order valence-electron chi connectivity index (χ3n) is 5.55. The molecule has 2 N–H and O–H groups in total. The minimum Gasteiger partial charge on any atom is -0.396 e. The van der Waals surface area contributed by atoms with Crippen LogP contribution in [0.5, 0.6) is 0 Å². The second-order valence-electron chi connectivity index (χ2n) is 7.51. The Labute approximate surface area is 179 Å². The van der Waals surface area contributed by atoms with Gasteiger partial charge >= 0.3 is 0 Å². The summed E-state index contributed by atoms with van der Waals surface area (Å²) >= 11 is 1.42. The van der Waals surface area contributed by atoms with Crippen LogP contribution in [0.4, 0.5) is 5.69 Å². The second-order valence-corrected chi connectivity index (χ2v) is 10.3. The van der Waals surface area contributed by atoms with E-state index in [1.807, 2.05) is 6.07 Å². The summed E-state index contributed by atoms with van der Waals surface area (Å²) in [6.07, 6.45) is 5.27. The highest BCUT2D eigenvalue weighted by Gasteiger charge is 2.27. The van der Waals surface area contributed by atoms with Gasteiger partial charge in [-0.2, -0.15) is 9.90 Å². The van der Waals surface area contributed by atoms with E-state index in [9.17, 15) is 4.21 Å². The summed E-state index contributed by atoms with van der Waals surface area (Å²) in [7, 11) is 2.18. The van der Waals surface area contributed by atoms with Gasteiger partial charge in [0, 0.05) is 31.3 Å². The van der Waals surface area contributed by atoms with E-state index in [1.54, 1.807) is 20.4 Å². The molecule has 1 atom stereocenters. The van der Waals surface area contributed by atoms with E-state index in [1.165, 1.54) is 28.1 Å². The molecule has 0 bridgehead atoms. The summed E-state index contributed by atoms with van der Waals surface area (Å²) in [6, 6.07) is 4.08. The molecule has 10 heteroatoms. The highest BCUT2D eigenvalue weighted by Crippen LogP contribution is 2.46. The van der Waals surface area contributed by atoms with Gasteiger partial charge in [-0.05, 0) is 36.5 Å². The van der Waals surface area contributed by atoms with E-state index >= 15 is 0 Å². The summed E-state index contributed by atoms with van der Waals surface area (Å²) in [5.74, 6) is 0.881. The molecule has 1 unspecified atom stereocenters. The van der Waals surface area contributed by atoms with Crippen molar-refractivity contribution in [3.8, 4) is 11.3 Å². The van der Waals surface area contributed by atoms with Gasteiger partial charge in [0.2, 0.25) is 5.65 Å². The van der Waals surface area contributed by atoms with Crippen molar-refractivity contribution < 1.29 is 8.95 Å². The van der Waals surface area contributed by atoms with Crippen molar-refractivity contribution in [2.45, 2.75) is 29.4 Å². The van der Waals surface area contributed by atoms with E-state index in [2.05, 4.69) is 21.2 Å². The molecule has 5 rings (SSSR count). The number of methoxy groups -OCH3 is 1. The van der Waals surface area contributed by atoms with Gasteiger partial charge in [-0.3, -0.25) is 4.21 Å². The molecule has 1 aliphatic rings. The van der Waals surface area contributed by atoms with Crippen LogP contribution in [0.25, 0.3) is 32.6 Å². The van der Waals surface area contributed by atoms with Crippen LogP contribution in [0, 0.1) is 0 Å². The number of aromatic nitrogens is 5. The highest BCUT2D eigenvalue weighted by atomic mass is 32.2. The Bertz CT molecular complexity index is 1280. The molecule has 30 heavy (non-hydrogen) atoms. The number of nitrogens with two attached hydrogens (primary N) is 1. The molecular formula is C20H22N6O2S2. The molecule has 0 spiro atoms. The number of nitrogen functional groups attached to an aromatic ring is 1. The zero-order valence-corrected chi connectivity index (χ0v) is 18.4. The fraction of sp³-hybridized carbons (Fsp3) is 0.400. The van der Waals surface area contributed by atoms with Crippen LogP contribution in [0.2, 0.25) is 0 Å². The molecule has 0 aliphatic heterocycles. The Morgan fingerprint density at radius 3 is 2.90 bits per heavy atom. The predicted octanol–water partition coefficient (Wildman–Crippen LogP) is 3.24. The quantitative estimate of drug-likeness (QED) is 0.488. The summed E-state index contributed by atoms with van der Waals surface area (Å²) < 4.78 is 18.5. The minimum absolute atomic E-state index is 0.423. The van der Waals surface area contributed by atoms with Crippen molar-refractivity contribution in [3.63, 3.8) is 0 Å². The highest BCUT2D eigenvalue weighted by molar-refractivity contribution is 7.87. The van der Waals surface area contributed by atoms with E-state index < -0.39 is 10.8 Å². The van der Waals surface area contributed by atoms with Gasteiger partial charge in [0.15, 0.2) is 0 Å². The number of fused-ring (bicyclic) bond motifs is 2. The molecule has 1 aliphatic carbocycles. The third kappa shape index (κ3) is 3.28. The number of rotatable bonds is 6. The van der Waals surface area contributed by atoms with Gasteiger partial charge in [0.05, 0.1) is 34.5 Å². The van der Waals surface area contributed by atoms with Gasteiger partial charge in [-0.25, -0.2) is 9.97 Å². The standard InChI is InChI=1S/C20H22N6O2S2/c1-26-24-15-8-12(10-22-18(15)25-26)14-9-13(11-4-3-5-11)16-17(21)20(29-19(16)23-14)30(27)7-6-28-2/h8-11H,3-7,21H2,1-2H3. The molecule has 4 aromatic rings. The van der Waals surface area contributed by atoms with Crippen molar-refractivity contribution >= 4 is 49.2 Å². The average molecular weight is 443 g/mol. The Morgan fingerprint density at radius 2 is 2.17 bits per heavy atom. The maximum absolute atomic E-state index is 12.8. The van der Waals surface area contributed by atoms with Gasteiger partial charge < -0.3 is 10.5 Å². The van der Waals surface area contributed by atoms with Gasteiger partial charge in [0.25, 0.3) is 0 Å². The van der Waals surface area contributed by atoms with E-state index in [0.717, 1.165) is 39.8 Å². The summed E-state index contributed by atoms with van der Waals surface area (Å²) in [6.45, 7) is 0.429. The molecule has 1 saturated carbocycles. The molecule has 4 heterocycles. The molecule has 4 aromatic heterocycles. The van der Waals surface area contributed by atoms with Crippen LogP contribution in [0.1, 0.15) is 30.7 Å². The number of nitrogens with zero attached hydrogens (tertiary/aromatic N) is 5. The summed E-state index contributed by atoms with van der Waals surface area (Å²) in [5.41, 5.74) is 11.4. The van der Waals surface area contributed by atoms with Gasteiger partial charge in [0.1, 0.15) is 14.6 Å². The minimum atomic E-state index is -1.20. The van der Waals surface area contributed by atoms with Crippen LogP contribution >= 0.6 is 11.3 Å². The number of aryl methyl sites for hydroxylation is 1. The smallest absolute Gasteiger partial charge is 0.201 e. The number of anilines is 1. The lowest BCUT2D eigenvalue weighted by Gasteiger charge is -2.27. The van der Waals surface area contributed by atoms with Crippen LogP contribution < -0.4 is 5.73 Å². The summed E-state index contributed by atoms with van der Waals surface area (Å²) in [5, 5.41) is 9.56. The molecular weight excluding hydrogens is 420 g/mol. The van der Waals surface area contributed by atoms with Gasteiger partial charge in [-0.15, -0.1) is 16.4 Å². The van der Waals surface area contributed by atoms with Crippen molar-refractivity contribution in [2.75, 3.05) is 25.2 Å². The maximum Gasteiger partial charge on any atom is 0.201 e. The Kier molecular flexibility index (Phi) is 5.00. The fourth-order valence-corrected chi connectivity index (χ4v) is 6.36. The Balaban J connectivity index is 1.66. The topological polar surface area (TPSA) is 109 Å². The molecule has 0 aromatic carbocycles. The molecule has 1 fully saturated rings. The molecule has 8 nitrogen and oxygen atoms in total. The first-order chi connectivity index (χ1) is 14.5. The van der Waals surface area contributed by atoms with E-state index in [4.69, 9.17) is 15.5 Å². The largest absolute Gasteiger partial charge is 0.396 e. The monoisotopic (exact) mass is 442 g/mol. The van der Waals surface area contributed by atoms with Crippen LogP contribution in [0.15, 0.2) is 22.5 Å². The molecule has 0 saturated heterocycles. The van der Waals surface area contributed by atoms with Gasteiger partial charge in [-0.1, -0.05) is 6.42 Å². The Morgan fingerprint density at radius 1 is 1.33 bits per heavy atom. The molecule has 0 amide bonds. The first kappa shape index (κ1) is 19.5. The summed E-state index contributed by atoms with van der Waals surface area (Å²) in [4.78, 5) is 11.7. The number of hydrogen-bond donors (Lipinski definition) is 1. The zero-order chi connectivity index (χ0) is 20.8. The molecule has 156 valence electrons. The second kappa shape index (κ2) is 7.68.